The zero-order chi connectivity index (χ0) is 24.1. The Morgan fingerprint density at radius 2 is 1.97 bits per heavy atom. The molecule has 0 saturated heterocycles. The topological polar surface area (TPSA) is 166 Å². The standard InChI is InChI=1S/C20H22N8O4S/c1-22-18(25-13-21)23-10-11-24-19(27-20(29)32-2)26-16-12-15(8-9-17(16)28(30)31)33-14-6-4-3-5-7-14/h3-9,12H,10-11H2,1-2H3,(H2,22,23,25)(H2,24,26,27,29). The number of ether oxygens (including phenoxy) is 1. The third-order valence-corrected chi connectivity index (χ3v) is 4.87. The summed E-state index contributed by atoms with van der Waals surface area (Å²) in [7, 11) is 2.69. The normalized spacial score (nSPS) is 11.2. The highest BCUT2D eigenvalue weighted by molar-refractivity contribution is 7.99. The van der Waals surface area contributed by atoms with Crippen molar-refractivity contribution in [1.29, 1.82) is 5.26 Å². The van der Waals surface area contributed by atoms with Crippen LogP contribution >= 0.6 is 11.8 Å². The van der Waals surface area contributed by atoms with Crippen molar-refractivity contribution in [1.82, 2.24) is 16.0 Å². The van der Waals surface area contributed by atoms with E-state index in [-0.39, 0.29) is 36.4 Å². The lowest BCUT2D eigenvalue weighted by molar-refractivity contribution is -0.383. The number of benzene rings is 2. The molecule has 2 aromatic carbocycles. The number of aliphatic imine (C=N–C) groups is 2. The van der Waals surface area contributed by atoms with Crippen LogP contribution in [0.25, 0.3) is 0 Å². The first-order valence-electron chi connectivity index (χ1n) is 9.50. The van der Waals surface area contributed by atoms with Crippen LogP contribution in [0.2, 0.25) is 0 Å². The Morgan fingerprint density at radius 3 is 2.61 bits per heavy atom. The van der Waals surface area contributed by atoms with Crippen LogP contribution in [0, 0.1) is 21.6 Å². The van der Waals surface area contributed by atoms with E-state index in [4.69, 9.17) is 5.26 Å². The van der Waals surface area contributed by atoms with Crippen molar-refractivity contribution in [2.24, 2.45) is 9.98 Å². The summed E-state index contributed by atoms with van der Waals surface area (Å²) in [4.78, 5) is 32.5. The van der Waals surface area contributed by atoms with Gasteiger partial charge in [-0.2, -0.15) is 5.26 Å². The summed E-state index contributed by atoms with van der Waals surface area (Å²) in [6.07, 6.45) is 0.946. The fourth-order valence-corrected chi connectivity index (χ4v) is 3.30. The van der Waals surface area contributed by atoms with Crippen molar-refractivity contribution in [3.63, 3.8) is 0 Å². The molecule has 0 heterocycles. The molecule has 0 saturated carbocycles. The largest absolute Gasteiger partial charge is 0.453 e. The molecule has 12 nitrogen and oxygen atoms in total. The molecule has 2 rings (SSSR count). The number of carbonyl (C=O) groups excluding carboxylic acids is 1. The number of anilines is 1. The quantitative estimate of drug-likeness (QED) is 0.0904. The SMILES string of the molecule is CN=C(NC#N)NCCN=C(NC(=O)OC)Nc1cc(Sc2ccccc2)ccc1[N+](=O)[O-]. The van der Waals surface area contributed by atoms with Gasteiger partial charge in [0.25, 0.3) is 5.69 Å². The summed E-state index contributed by atoms with van der Waals surface area (Å²) < 4.78 is 4.60. The van der Waals surface area contributed by atoms with E-state index in [9.17, 15) is 14.9 Å². The van der Waals surface area contributed by atoms with Crippen LogP contribution in [0.1, 0.15) is 0 Å². The van der Waals surface area contributed by atoms with E-state index in [1.807, 2.05) is 30.3 Å². The van der Waals surface area contributed by atoms with E-state index in [1.165, 1.54) is 32.0 Å². The van der Waals surface area contributed by atoms with E-state index in [2.05, 4.69) is 36.0 Å². The molecule has 2 aromatic rings. The van der Waals surface area contributed by atoms with Crippen LogP contribution in [0.15, 0.2) is 68.3 Å². The highest BCUT2D eigenvalue weighted by atomic mass is 32.2. The molecule has 0 aliphatic rings. The zero-order valence-corrected chi connectivity index (χ0v) is 18.7. The van der Waals surface area contributed by atoms with Crippen LogP contribution in [-0.2, 0) is 4.74 Å². The van der Waals surface area contributed by atoms with E-state index in [1.54, 1.807) is 18.3 Å². The molecule has 0 spiro atoms. The highest BCUT2D eigenvalue weighted by Gasteiger charge is 2.17. The number of rotatable bonds is 7. The molecule has 13 heteroatoms. The molecule has 0 radical (unpaired) electrons. The molecule has 0 atom stereocenters. The minimum absolute atomic E-state index is 0.0446. The van der Waals surface area contributed by atoms with Gasteiger partial charge in [0.1, 0.15) is 5.69 Å². The van der Waals surface area contributed by atoms with Gasteiger partial charge in [-0.3, -0.25) is 30.7 Å². The number of amides is 1. The maximum atomic E-state index is 11.7. The van der Waals surface area contributed by atoms with Gasteiger partial charge < -0.3 is 15.4 Å². The van der Waals surface area contributed by atoms with Gasteiger partial charge in [-0.25, -0.2) is 4.79 Å². The predicted octanol–water partition coefficient (Wildman–Crippen LogP) is 2.52. The van der Waals surface area contributed by atoms with Crippen LogP contribution in [0.5, 0.6) is 0 Å². The molecule has 0 unspecified atom stereocenters. The van der Waals surface area contributed by atoms with E-state index >= 15 is 0 Å². The van der Waals surface area contributed by atoms with Gasteiger partial charge in [0, 0.05) is 29.4 Å². The fourth-order valence-electron chi connectivity index (χ4n) is 2.42. The maximum absolute atomic E-state index is 11.7. The third kappa shape index (κ3) is 8.38. The number of hydrogen-bond donors (Lipinski definition) is 4. The number of nitrogens with zero attached hydrogens (tertiary/aromatic N) is 4. The van der Waals surface area contributed by atoms with Crippen molar-refractivity contribution in [2.45, 2.75) is 9.79 Å². The number of nitrogens with one attached hydrogen (secondary N) is 4. The fraction of sp³-hybridized carbons (Fsp3) is 0.200. The Kier molecular flexibility index (Phi) is 9.96. The number of nitro benzene ring substituents is 1. The molecular formula is C20H22N8O4S. The van der Waals surface area contributed by atoms with Gasteiger partial charge in [0.2, 0.25) is 11.9 Å². The van der Waals surface area contributed by atoms with Crippen molar-refractivity contribution in [3.05, 3.63) is 58.6 Å². The van der Waals surface area contributed by atoms with Crippen molar-refractivity contribution in [2.75, 3.05) is 32.6 Å². The maximum Gasteiger partial charge on any atom is 0.413 e. The molecule has 4 N–H and O–H groups in total. The van der Waals surface area contributed by atoms with E-state index in [0.29, 0.717) is 0 Å². The Bertz CT molecular complexity index is 1070. The average Bonchev–Trinajstić information content (AvgIpc) is 2.81. The summed E-state index contributed by atoms with van der Waals surface area (Å²) >= 11 is 1.43. The molecule has 0 aliphatic carbocycles. The number of nitriles is 1. The first-order chi connectivity index (χ1) is 16.0. The second-order valence-corrected chi connectivity index (χ2v) is 7.21. The van der Waals surface area contributed by atoms with E-state index < -0.39 is 11.0 Å². The van der Waals surface area contributed by atoms with Crippen LogP contribution in [0.3, 0.4) is 0 Å². The molecule has 1 amide bonds. The molecule has 33 heavy (non-hydrogen) atoms. The Hall–Kier alpha value is -4.31. The highest BCUT2D eigenvalue weighted by Crippen LogP contribution is 2.33. The van der Waals surface area contributed by atoms with Gasteiger partial charge in [-0.05, 0) is 24.3 Å². The van der Waals surface area contributed by atoms with Gasteiger partial charge >= 0.3 is 6.09 Å². The molecule has 0 fully saturated rings. The molecule has 172 valence electrons. The van der Waals surface area contributed by atoms with Gasteiger partial charge in [0.05, 0.1) is 18.6 Å². The molecule has 0 aliphatic heterocycles. The van der Waals surface area contributed by atoms with Crippen LogP contribution in [0.4, 0.5) is 16.2 Å². The zero-order valence-electron chi connectivity index (χ0n) is 17.9. The number of alkyl carbamates (subject to hydrolysis) is 1. The Balaban J connectivity index is 2.23. The number of methoxy groups -OCH3 is 1. The smallest absolute Gasteiger partial charge is 0.413 e. The number of hydrogen-bond acceptors (Lipinski definition) is 8. The first-order valence-corrected chi connectivity index (χ1v) is 10.3. The number of nitro groups is 1. The van der Waals surface area contributed by atoms with Gasteiger partial charge in [0.15, 0.2) is 6.19 Å². The molecule has 0 bridgehead atoms. The monoisotopic (exact) mass is 470 g/mol. The van der Waals surface area contributed by atoms with Gasteiger partial charge in [-0.1, -0.05) is 30.0 Å². The van der Waals surface area contributed by atoms with Crippen molar-refractivity contribution < 1.29 is 14.5 Å². The van der Waals surface area contributed by atoms with Gasteiger partial charge in [-0.15, -0.1) is 0 Å². The summed E-state index contributed by atoms with van der Waals surface area (Å²) in [5, 5.41) is 30.6. The van der Waals surface area contributed by atoms with Crippen molar-refractivity contribution in [3.8, 4) is 6.19 Å². The minimum Gasteiger partial charge on any atom is -0.453 e. The van der Waals surface area contributed by atoms with Crippen LogP contribution in [-0.4, -0.2) is 50.2 Å². The number of guanidine groups is 2. The third-order valence-electron chi connectivity index (χ3n) is 3.87. The molecular weight excluding hydrogens is 448 g/mol. The first kappa shape index (κ1) is 25.0. The lowest BCUT2D eigenvalue weighted by Gasteiger charge is -2.13. The summed E-state index contributed by atoms with van der Waals surface area (Å²) in [5.41, 5.74) is -0.0467. The average molecular weight is 471 g/mol. The molecule has 0 aromatic heterocycles. The lowest BCUT2D eigenvalue weighted by Crippen LogP contribution is -2.38. The Morgan fingerprint density at radius 1 is 1.21 bits per heavy atom. The summed E-state index contributed by atoms with van der Waals surface area (Å²) in [6.45, 7) is 0.409. The second kappa shape index (κ2) is 13.2. The Labute approximate surface area is 194 Å². The second-order valence-electron chi connectivity index (χ2n) is 6.06. The summed E-state index contributed by atoms with van der Waals surface area (Å²) in [6, 6.07) is 14.2. The predicted molar refractivity (Wildman–Crippen MR) is 125 cm³/mol. The van der Waals surface area contributed by atoms with E-state index in [0.717, 1.165) is 9.79 Å². The summed E-state index contributed by atoms with van der Waals surface area (Å²) in [5.74, 6) is 0.209. The lowest BCUT2D eigenvalue weighted by atomic mass is 10.2. The van der Waals surface area contributed by atoms with Crippen LogP contribution < -0.4 is 21.3 Å². The minimum atomic E-state index is -0.798. The number of carbonyl (C=O) groups is 1. The van der Waals surface area contributed by atoms with Crippen molar-refractivity contribution >= 4 is 41.1 Å².